The molecule has 0 atom stereocenters. The minimum absolute atomic E-state index is 0.440. The first-order chi connectivity index (χ1) is 8.25. The van der Waals surface area contributed by atoms with E-state index < -0.39 is 0 Å². The van der Waals surface area contributed by atoms with Gasteiger partial charge in [0.2, 0.25) is 0 Å². The summed E-state index contributed by atoms with van der Waals surface area (Å²) in [6.45, 7) is 2.01. The lowest BCUT2D eigenvalue weighted by Crippen LogP contribution is -1.87. The van der Waals surface area contributed by atoms with E-state index in [0.29, 0.717) is 5.75 Å². The van der Waals surface area contributed by atoms with E-state index in [1.54, 1.807) is 5.57 Å². The molecule has 17 heavy (non-hydrogen) atoms. The Bertz CT molecular complexity index is 394. The van der Waals surface area contributed by atoms with Crippen molar-refractivity contribution in [3.05, 3.63) is 41.0 Å². The van der Waals surface area contributed by atoms with Crippen molar-refractivity contribution < 1.29 is 5.11 Å². The summed E-state index contributed by atoms with van der Waals surface area (Å²) in [6.07, 6.45) is 11.2. The van der Waals surface area contributed by atoms with Crippen LogP contribution in [0.4, 0.5) is 0 Å². The summed E-state index contributed by atoms with van der Waals surface area (Å²) in [6, 6.07) is 5.96. The molecule has 1 aliphatic rings. The molecule has 1 saturated carbocycles. The Kier molecular flexibility index (Phi) is 4.24. The first kappa shape index (κ1) is 12.2. The van der Waals surface area contributed by atoms with E-state index in [4.69, 9.17) is 0 Å². The van der Waals surface area contributed by atoms with Crippen LogP contribution in [0.1, 0.15) is 49.7 Å². The topological polar surface area (TPSA) is 20.2 Å². The summed E-state index contributed by atoms with van der Waals surface area (Å²) < 4.78 is 0. The van der Waals surface area contributed by atoms with Crippen LogP contribution < -0.4 is 0 Å². The van der Waals surface area contributed by atoms with Crippen LogP contribution in [0.15, 0.2) is 29.8 Å². The van der Waals surface area contributed by atoms with Gasteiger partial charge in [-0.05, 0) is 56.2 Å². The van der Waals surface area contributed by atoms with Gasteiger partial charge in [-0.15, -0.1) is 0 Å². The minimum Gasteiger partial charge on any atom is -0.508 e. The molecule has 1 heteroatoms. The van der Waals surface area contributed by atoms with Gasteiger partial charge in [0.25, 0.3) is 0 Å². The van der Waals surface area contributed by atoms with Gasteiger partial charge in [0.1, 0.15) is 5.75 Å². The lowest BCUT2D eigenvalue weighted by atomic mass is 10.0. The van der Waals surface area contributed by atoms with E-state index >= 15 is 0 Å². The molecule has 0 unspecified atom stereocenters. The molecule has 1 aromatic rings. The van der Waals surface area contributed by atoms with E-state index in [2.05, 4.69) is 12.1 Å². The van der Waals surface area contributed by atoms with Gasteiger partial charge in [-0.3, -0.25) is 0 Å². The predicted molar refractivity (Wildman–Crippen MR) is 72.3 cm³/mol. The second kappa shape index (κ2) is 5.90. The number of benzene rings is 1. The SMILES string of the molecule is Cc1ccc(CC=C2CCCCCC2)c(O)c1. The fourth-order valence-corrected chi connectivity index (χ4v) is 2.49. The number of phenolic OH excluding ortho intramolecular Hbond substituents is 1. The molecule has 0 aromatic heterocycles. The van der Waals surface area contributed by atoms with Gasteiger partial charge in [-0.1, -0.05) is 36.6 Å². The highest BCUT2D eigenvalue weighted by Gasteiger charge is 2.05. The zero-order valence-electron chi connectivity index (χ0n) is 10.7. The number of aromatic hydroxyl groups is 1. The third-order valence-electron chi connectivity index (χ3n) is 3.60. The van der Waals surface area contributed by atoms with Crippen molar-refractivity contribution in [3.8, 4) is 5.75 Å². The average Bonchev–Trinajstić information content (AvgIpc) is 2.56. The second-order valence-electron chi connectivity index (χ2n) is 5.11. The van der Waals surface area contributed by atoms with Crippen LogP contribution in [0.3, 0.4) is 0 Å². The third kappa shape index (κ3) is 3.62. The first-order valence-electron chi connectivity index (χ1n) is 6.72. The summed E-state index contributed by atoms with van der Waals surface area (Å²) in [5.74, 6) is 0.440. The summed E-state index contributed by atoms with van der Waals surface area (Å²) >= 11 is 0. The van der Waals surface area contributed by atoms with Crippen molar-refractivity contribution in [1.82, 2.24) is 0 Å². The van der Waals surface area contributed by atoms with Crippen LogP contribution in [0, 0.1) is 6.92 Å². The van der Waals surface area contributed by atoms with Crippen LogP contribution >= 0.6 is 0 Å². The van der Waals surface area contributed by atoms with Crippen LogP contribution in [0.5, 0.6) is 5.75 Å². The summed E-state index contributed by atoms with van der Waals surface area (Å²) in [5, 5.41) is 9.85. The normalized spacial score (nSPS) is 16.6. The van der Waals surface area contributed by atoms with Crippen molar-refractivity contribution >= 4 is 0 Å². The number of rotatable bonds is 2. The van der Waals surface area contributed by atoms with E-state index in [-0.39, 0.29) is 0 Å². The fourth-order valence-electron chi connectivity index (χ4n) is 2.49. The molecular weight excluding hydrogens is 208 g/mol. The molecule has 0 heterocycles. The number of aryl methyl sites for hydroxylation is 1. The van der Waals surface area contributed by atoms with E-state index in [1.807, 2.05) is 19.1 Å². The Balaban J connectivity index is 2.02. The second-order valence-corrected chi connectivity index (χ2v) is 5.11. The first-order valence-corrected chi connectivity index (χ1v) is 6.72. The average molecular weight is 230 g/mol. The smallest absolute Gasteiger partial charge is 0.119 e. The highest BCUT2D eigenvalue weighted by atomic mass is 16.3. The monoisotopic (exact) mass is 230 g/mol. The van der Waals surface area contributed by atoms with Crippen molar-refractivity contribution in [1.29, 1.82) is 0 Å². The molecule has 92 valence electrons. The maximum absolute atomic E-state index is 9.85. The highest BCUT2D eigenvalue weighted by Crippen LogP contribution is 2.24. The van der Waals surface area contributed by atoms with Crippen LogP contribution in [0.2, 0.25) is 0 Å². The minimum atomic E-state index is 0.440. The van der Waals surface area contributed by atoms with Gasteiger partial charge in [-0.2, -0.15) is 0 Å². The van der Waals surface area contributed by atoms with Gasteiger partial charge in [0, 0.05) is 0 Å². The Morgan fingerprint density at radius 1 is 1.12 bits per heavy atom. The van der Waals surface area contributed by atoms with E-state index in [0.717, 1.165) is 17.5 Å². The zero-order valence-corrected chi connectivity index (χ0v) is 10.7. The van der Waals surface area contributed by atoms with Crippen LogP contribution in [0.25, 0.3) is 0 Å². The molecule has 0 spiro atoms. The van der Waals surface area contributed by atoms with Gasteiger partial charge in [0.05, 0.1) is 0 Å². The molecule has 1 fully saturated rings. The van der Waals surface area contributed by atoms with E-state index in [9.17, 15) is 5.11 Å². The van der Waals surface area contributed by atoms with Gasteiger partial charge in [0.15, 0.2) is 0 Å². The lowest BCUT2D eigenvalue weighted by molar-refractivity contribution is 0.469. The van der Waals surface area contributed by atoms with Crippen molar-refractivity contribution in [3.63, 3.8) is 0 Å². The molecular formula is C16H22O. The molecule has 1 N–H and O–H groups in total. The molecule has 1 aromatic carbocycles. The molecule has 1 aliphatic carbocycles. The van der Waals surface area contributed by atoms with Crippen molar-refractivity contribution in [2.75, 3.05) is 0 Å². The zero-order chi connectivity index (χ0) is 12.1. The van der Waals surface area contributed by atoms with Crippen molar-refractivity contribution in [2.24, 2.45) is 0 Å². The van der Waals surface area contributed by atoms with Gasteiger partial charge < -0.3 is 5.11 Å². The third-order valence-corrected chi connectivity index (χ3v) is 3.60. The summed E-state index contributed by atoms with van der Waals surface area (Å²) in [5.41, 5.74) is 3.75. The Labute approximate surface area is 104 Å². The summed E-state index contributed by atoms with van der Waals surface area (Å²) in [4.78, 5) is 0. The molecule has 2 rings (SSSR count). The van der Waals surface area contributed by atoms with E-state index in [1.165, 1.54) is 38.5 Å². The molecule has 0 amide bonds. The Morgan fingerprint density at radius 2 is 1.82 bits per heavy atom. The maximum Gasteiger partial charge on any atom is 0.119 e. The Hall–Kier alpha value is -1.24. The molecule has 1 nitrogen and oxygen atoms in total. The molecule has 0 saturated heterocycles. The molecule has 0 aliphatic heterocycles. The number of allylic oxidation sites excluding steroid dienone is 2. The number of hydrogen-bond donors (Lipinski definition) is 1. The van der Waals surface area contributed by atoms with Crippen LogP contribution in [-0.4, -0.2) is 5.11 Å². The standard InChI is InChI=1S/C16H22O/c1-13-8-10-15(16(17)12-13)11-9-14-6-4-2-3-5-7-14/h8-10,12,17H,2-7,11H2,1H3. The summed E-state index contributed by atoms with van der Waals surface area (Å²) in [7, 11) is 0. The number of hydrogen-bond acceptors (Lipinski definition) is 1. The maximum atomic E-state index is 9.85. The fraction of sp³-hybridized carbons (Fsp3) is 0.500. The van der Waals surface area contributed by atoms with Gasteiger partial charge in [-0.25, -0.2) is 0 Å². The molecule has 0 bridgehead atoms. The number of phenols is 1. The van der Waals surface area contributed by atoms with Crippen LogP contribution in [-0.2, 0) is 6.42 Å². The quantitative estimate of drug-likeness (QED) is 0.585. The Morgan fingerprint density at radius 3 is 2.47 bits per heavy atom. The van der Waals surface area contributed by atoms with Gasteiger partial charge >= 0.3 is 0 Å². The van der Waals surface area contributed by atoms with Crippen molar-refractivity contribution in [2.45, 2.75) is 51.9 Å². The molecule has 0 radical (unpaired) electrons. The largest absolute Gasteiger partial charge is 0.508 e. The predicted octanol–water partition coefficient (Wildman–Crippen LogP) is 4.52. The highest BCUT2D eigenvalue weighted by molar-refractivity contribution is 5.37. The lowest BCUT2D eigenvalue weighted by Gasteiger charge is -2.05.